The van der Waals surface area contributed by atoms with Crippen molar-refractivity contribution in [1.82, 2.24) is 0 Å². The maximum absolute atomic E-state index is 11.4. The average Bonchev–Trinajstić information content (AvgIpc) is 2.11. The number of phenols is 2. The van der Waals surface area contributed by atoms with Crippen LogP contribution in [0.1, 0.15) is 22.8 Å². The fourth-order valence-electron chi connectivity index (χ4n) is 1.12. The molecule has 0 heterocycles. The number of hydrogen-bond acceptors (Lipinski definition) is 3. The number of aromatic hydroxyl groups is 2. The third kappa shape index (κ3) is 1.93. The van der Waals surface area contributed by atoms with Gasteiger partial charge in [0.15, 0.2) is 5.78 Å². The molecule has 0 unspecified atom stereocenters. The Hall–Kier alpha value is -1.77. The lowest BCUT2D eigenvalue weighted by Gasteiger charge is -2.04. The number of ketones is 1. The van der Waals surface area contributed by atoms with Crippen molar-refractivity contribution in [3.63, 3.8) is 0 Å². The first kappa shape index (κ1) is 10.3. The van der Waals surface area contributed by atoms with Gasteiger partial charge in [-0.05, 0) is 31.6 Å². The van der Waals surface area contributed by atoms with Crippen molar-refractivity contribution < 1.29 is 15.0 Å². The van der Waals surface area contributed by atoms with Crippen LogP contribution >= 0.6 is 0 Å². The predicted molar refractivity (Wildman–Crippen MR) is 53.7 cm³/mol. The van der Waals surface area contributed by atoms with E-state index < -0.39 is 0 Å². The summed E-state index contributed by atoms with van der Waals surface area (Å²) >= 11 is 0. The molecule has 1 aromatic carbocycles. The molecule has 0 fully saturated rings. The molecule has 1 rings (SSSR count). The molecule has 0 aliphatic carbocycles. The quantitative estimate of drug-likeness (QED) is 0.557. The fourth-order valence-corrected chi connectivity index (χ4v) is 1.12. The van der Waals surface area contributed by atoms with Crippen LogP contribution in [0.2, 0.25) is 0 Å². The van der Waals surface area contributed by atoms with Crippen molar-refractivity contribution >= 4 is 5.78 Å². The van der Waals surface area contributed by atoms with Gasteiger partial charge in [-0.15, -0.1) is 0 Å². The third-order valence-corrected chi connectivity index (χ3v) is 1.90. The lowest BCUT2D eigenvalue weighted by molar-refractivity contribution is 0.104. The molecule has 0 aromatic heterocycles. The zero-order valence-corrected chi connectivity index (χ0v) is 8.11. The van der Waals surface area contributed by atoms with E-state index in [1.807, 2.05) is 0 Å². The van der Waals surface area contributed by atoms with Gasteiger partial charge in [0.1, 0.15) is 11.5 Å². The second kappa shape index (κ2) is 3.96. The van der Waals surface area contributed by atoms with Crippen LogP contribution < -0.4 is 0 Å². The molecule has 74 valence electrons. The van der Waals surface area contributed by atoms with Crippen LogP contribution in [0.25, 0.3) is 0 Å². The number of phenolic OH excluding ortho intramolecular Hbond substituents is 2. The number of benzene rings is 1. The minimum Gasteiger partial charge on any atom is -0.508 e. The van der Waals surface area contributed by atoms with E-state index >= 15 is 0 Å². The van der Waals surface area contributed by atoms with Gasteiger partial charge in [-0.3, -0.25) is 4.79 Å². The topological polar surface area (TPSA) is 57.5 Å². The molecular formula is C11H12O3. The van der Waals surface area contributed by atoms with Crippen LogP contribution in [0.5, 0.6) is 11.5 Å². The average molecular weight is 192 g/mol. The van der Waals surface area contributed by atoms with Gasteiger partial charge in [0.2, 0.25) is 0 Å². The van der Waals surface area contributed by atoms with E-state index in [-0.39, 0.29) is 22.8 Å². The van der Waals surface area contributed by atoms with Gasteiger partial charge < -0.3 is 10.2 Å². The van der Waals surface area contributed by atoms with Gasteiger partial charge in [0.05, 0.1) is 5.56 Å². The van der Waals surface area contributed by atoms with Crippen LogP contribution in [0.4, 0.5) is 0 Å². The first-order chi connectivity index (χ1) is 6.56. The Bertz CT molecular complexity index is 392. The second-order valence-electron chi connectivity index (χ2n) is 3.02. The Morgan fingerprint density at radius 1 is 1.29 bits per heavy atom. The Morgan fingerprint density at radius 2 is 1.93 bits per heavy atom. The molecule has 0 aliphatic rings. The molecule has 0 atom stereocenters. The summed E-state index contributed by atoms with van der Waals surface area (Å²) < 4.78 is 0. The van der Waals surface area contributed by atoms with Gasteiger partial charge >= 0.3 is 0 Å². The van der Waals surface area contributed by atoms with Crippen molar-refractivity contribution in [2.24, 2.45) is 0 Å². The summed E-state index contributed by atoms with van der Waals surface area (Å²) in [5, 5.41) is 18.6. The van der Waals surface area contributed by atoms with Crippen molar-refractivity contribution in [3.05, 3.63) is 35.4 Å². The Labute approximate surface area is 82.3 Å². The standard InChI is InChI=1S/C11H12O3/c1-3-4-9(12)8-5-7(2)10(13)6-11(8)14/h3-6,13-14H,1-2H3/b4-3+. The number of rotatable bonds is 2. The Balaban J connectivity index is 3.22. The van der Waals surface area contributed by atoms with E-state index in [2.05, 4.69) is 0 Å². The highest BCUT2D eigenvalue weighted by atomic mass is 16.3. The van der Waals surface area contributed by atoms with E-state index in [0.717, 1.165) is 0 Å². The number of allylic oxidation sites excluding steroid dienone is 2. The van der Waals surface area contributed by atoms with Crippen molar-refractivity contribution in [2.75, 3.05) is 0 Å². The van der Waals surface area contributed by atoms with E-state index in [9.17, 15) is 15.0 Å². The molecule has 2 N–H and O–H groups in total. The SMILES string of the molecule is C/C=C/C(=O)c1cc(C)c(O)cc1O. The highest BCUT2D eigenvalue weighted by Gasteiger charge is 2.10. The number of carbonyl (C=O) groups excluding carboxylic acids is 1. The monoisotopic (exact) mass is 192 g/mol. The Morgan fingerprint density at radius 3 is 2.50 bits per heavy atom. The summed E-state index contributed by atoms with van der Waals surface area (Å²) in [5.41, 5.74) is 0.772. The van der Waals surface area contributed by atoms with Crippen LogP contribution in [0.15, 0.2) is 24.3 Å². The molecule has 0 bridgehead atoms. The fraction of sp³-hybridized carbons (Fsp3) is 0.182. The lowest BCUT2D eigenvalue weighted by atomic mass is 10.1. The zero-order valence-electron chi connectivity index (χ0n) is 8.11. The zero-order chi connectivity index (χ0) is 10.7. The van der Waals surface area contributed by atoms with Gasteiger partial charge in [-0.1, -0.05) is 6.08 Å². The highest BCUT2D eigenvalue weighted by molar-refractivity contribution is 6.06. The maximum Gasteiger partial charge on any atom is 0.189 e. The minimum atomic E-state index is -0.270. The van der Waals surface area contributed by atoms with Crippen LogP contribution in [-0.2, 0) is 0 Å². The molecule has 3 nitrogen and oxygen atoms in total. The molecule has 0 saturated carbocycles. The first-order valence-corrected chi connectivity index (χ1v) is 4.26. The van der Waals surface area contributed by atoms with Gasteiger partial charge in [0, 0.05) is 6.07 Å². The third-order valence-electron chi connectivity index (χ3n) is 1.90. The number of hydrogen-bond donors (Lipinski definition) is 2. The normalized spacial score (nSPS) is 10.7. The molecule has 0 spiro atoms. The van der Waals surface area contributed by atoms with Crippen LogP contribution in [-0.4, -0.2) is 16.0 Å². The molecule has 0 saturated heterocycles. The molecule has 1 aromatic rings. The highest BCUT2D eigenvalue weighted by Crippen LogP contribution is 2.27. The molecule has 0 amide bonds. The summed E-state index contributed by atoms with van der Waals surface area (Å²) in [6.45, 7) is 3.39. The first-order valence-electron chi connectivity index (χ1n) is 4.26. The predicted octanol–water partition coefficient (Wildman–Crippen LogP) is 2.17. The van der Waals surface area contributed by atoms with E-state index in [0.29, 0.717) is 5.56 Å². The Kier molecular flexibility index (Phi) is 2.92. The van der Waals surface area contributed by atoms with Crippen molar-refractivity contribution in [2.45, 2.75) is 13.8 Å². The molecular weight excluding hydrogens is 180 g/mol. The summed E-state index contributed by atoms with van der Waals surface area (Å²) in [4.78, 5) is 11.4. The van der Waals surface area contributed by atoms with E-state index in [1.54, 1.807) is 19.9 Å². The summed E-state index contributed by atoms with van der Waals surface area (Å²) in [7, 11) is 0. The molecule has 3 heteroatoms. The molecule has 0 aliphatic heterocycles. The number of carbonyl (C=O) groups is 1. The largest absolute Gasteiger partial charge is 0.508 e. The van der Waals surface area contributed by atoms with Gasteiger partial charge in [0.25, 0.3) is 0 Å². The van der Waals surface area contributed by atoms with Crippen LogP contribution in [0, 0.1) is 6.92 Å². The van der Waals surface area contributed by atoms with Gasteiger partial charge in [-0.2, -0.15) is 0 Å². The van der Waals surface area contributed by atoms with E-state index in [1.165, 1.54) is 18.2 Å². The minimum absolute atomic E-state index is 0.0143. The van der Waals surface area contributed by atoms with Crippen molar-refractivity contribution in [3.8, 4) is 11.5 Å². The van der Waals surface area contributed by atoms with Crippen LogP contribution in [0.3, 0.4) is 0 Å². The number of aryl methyl sites for hydroxylation is 1. The summed E-state index contributed by atoms with van der Waals surface area (Å²) in [6.07, 6.45) is 2.97. The van der Waals surface area contributed by atoms with Crippen molar-refractivity contribution in [1.29, 1.82) is 0 Å². The van der Waals surface area contributed by atoms with Gasteiger partial charge in [-0.25, -0.2) is 0 Å². The molecule has 14 heavy (non-hydrogen) atoms. The molecule has 0 radical (unpaired) electrons. The summed E-state index contributed by atoms with van der Waals surface area (Å²) in [6, 6.07) is 2.64. The maximum atomic E-state index is 11.4. The lowest BCUT2D eigenvalue weighted by Crippen LogP contribution is -1.95. The summed E-state index contributed by atoms with van der Waals surface area (Å²) in [5.74, 6) is -0.483. The smallest absolute Gasteiger partial charge is 0.189 e. The van der Waals surface area contributed by atoms with E-state index in [4.69, 9.17) is 0 Å². The second-order valence-corrected chi connectivity index (χ2v) is 3.02.